The molecule has 1 fully saturated rings. The summed E-state index contributed by atoms with van der Waals surface area (Å²) in [5.74, 6) is 0.399. The Labute approximate surface area is 96.6 Å². The van der Waals surface area contributed by atoms with E-state index in [1.807, 2.05) is 18.2 Å². The van der Waals surface area contributed by atoms with Crippen LogP contribution >= 0.6 is 0 Å². The third-order valence-corrected chi connectivity index (χ3v) is 3.25. The topological polar surface area (TPSA) is 32.7 Å². The second kappa shape index (κ2) is 5.32. The standard InChI is InChI=1S/C13H19NO2/c1-16-12-6-8-14(9-7-12)10-11-4-2-3-5-13(11)15/h2-5,12,15H,6-10H2,1H3. The summed E-state index contributed by atoms with van der Waals surface area (Å²) in [5.41, 5.74) is 1.01. The highest BCUT2D eigenvalue weighted by Gasteiger charge is 2.19. The van der Waals surface area contributed by atoms with E-state index in [9.17, 15) is 5.11 Å². The molecular weight excluding hydrogens is 202 g/mol. The summed E-state index contributed by atoms with van der Waals surface area (Å²) < 4.78 is 5.34. The van der Waals surface area contributed by atoms with Crippen LogP contribution in [0.2, 0.25) is 0 Å². The van der Waals surface area contributed by atoms with E-state index in [0.29, 0.717) is 11.9 Å². The van der Waals surface area contributed by atoms with E-state index in [4.69, 9.17) is 4.74 Å². The number of phenolic OH excluding ortho intramolecular Hbond substituents is 1. The number of piperidine rings is 1. The predicted octanol–water partition coefficient (Wildman–Crippen LogP) is 2.00. The molecule has 3 nitrogen and oxygen atoms in total. The molecule has 0 aliphatic carbocycles. The molecule has 2 rings (SSSR count). The zero-order valence-electron chi connectivity index (χ0n) is 9.72. The number of hydrogen-bond acceptors (Lipinski definition) is 3. The molecule has 1 heterocycles. The van der Waals surface area contributed by atoms with Gasteiger partial charge in [0.05, 0.1) is 6.10 Å². The summed E-state index contributed by atoms with van der Waals surface area (Å²) in [7, 11) is 1.78. The molecule has 0 aromatic heterocycles. The van der Waals surface area contributed by atoms with Crippen LogP contribution in [-0.2, 0) is 11.3 Å². The Kier molecular flexibility index (Phi) is 3.80. The molecular formula is C13H19NO2. The van der Waals surface area contributed by atoms with Gasteiger partial charge in [-0.15, -0.1) is 0 Å². The Hall–Kier alpha value is -1.06. The van der Waals surface area contributed by atoms with Gasteiger partial charge in [0.2, 0.25) is 0 Å². The molecule has 1 aromatic rings. The highest BCUT2D eigenvalue weighted by molar-refractivity contribution is 5.31. The maximum Gasteiger partial charge on any atom is 0.120 e. The monoisotopic (exact) mass is 221 g/mol. The molecule has 1 N–H and O–H groups in total. The highest BCUT2D eigenvalue weighted by Crippen LogP contribution is 2.20. The van der Waals surface area contributed by atoms with Gasteiger partial charge >= 0.3 is 0 Å². The zero-order chi connectivity index (χ0) is 11.4. The molecule has 0 atom stereocenters. The number of para-hydroxylation sites is 1. The minimum Gasteiger partial charge on any atom is -0.508 e. The summed E-state index contributed by atoms with van der Waals surface area (Å²) in [4.78, 5) is 2.37. The van der Waals surface area contributed by atoms with Crippen molar-refractivity contribution in [2.24, 2.45) is 0 Å². The van der Waals surface area contributed by atoms with Crippen LogP contribution in [0.1, 0.15) is 18.4 Å². The van der Waals surface area contributed by atoms with Gasteiger partial charge < -0.3 is 9.84 Å². The number of hydrogen-bond donors (Lipinski definition) is 1. The van der Waals surface area contributed by atoms with Crippen molar-refractivity contribution in [2.45, 2.75) is 25.5 Å². The zero-order valence-corrected chi connectivity index (χ0v) is 9.72. The lowest BCUT2D eigenvalue weighted by molar-refractivity contribution is 0.0387. The Morgan fingerprint density at radius 2 is 2.00 bits per heavy atom. The number of likely N-dealkylation sites (tertiary alicyclic amines) is 1. The van der Waals surface area contributed by atoms with Gasteiger partial charge in [0.15, 0.2) is 0 Å². The summed E-state index contributed by atoms with van der Waals surface area (Å²) in [6, 6.07) is 7.56. The Bertz CT molecular complexity index is 332. The molecule has 0 unspecified atom stereocenters. The van der Waals surface area contributed by atoms with Gasteiger partial charge in [0.1, 0.15) is 5.75 Å². The third-order valence-electron chi connectivity index (χ3n) is 3.25. The van der Waals surface area contributed by atoms with Gasteiger partial charge in [0, 0.05) is 32.3 Å². The van der Waals surface area contributed by atoms with Crippen LogP contribution in [0, 0.1) is 0 Å². The normalized spacial score (nSPS) is 18.8. The fourth-order valence-electron chi connectivity index (χ4n) is 2.19. The van der Waals surface area contributed by atoms with Crippen LogP contribution in [0.5, 0.6) is 5.75 Å². The van der Waals surface area contributed by atoms with Crippen LogP contribution in [0.4, 0.5) is 0 Å². The summed E-state index contributed by atoms with van der Waals surface area (Å²) in [5, 5.41) is 9.69. The minimum absolute atomic E-state index is 0.399. The third kappa shape index (κ3) is 2.74. The van der Waals surface area contributed by atoms with Crippen molar-refractivity contribution < 1.29 is 9.84 Å². The summed E-state index contributed by atoms with van der Waals surface area (Å²) >= 11 is 0. The number of nitrogens with zero attached hydrogens (tertiary/aromatic N) is 1. The fraction of sp³-hybridized carbons (Fsp3) is 0.538. The van der Waals surface area contributed by atoms with Crippen LogP contribution in [-0.4, -0.2) is 36.3 Å². The van der Waals surface area contributed by atoms with E-state index >= 15 is 0 Å². The van der Waals surface area contributed by atoms with Crippen molar-refractivity contribution in [3.8, 4) is 5.75 Å². The molecule has 0 bridgehead atoms. The maximum atomic E-state index is 9.69. The molecule has 88 valence electrons. The van der Waals surface area contributed by atoms with Gasteiger partial charge in [-0.1, -0.05) is 18.2 Å². The van der Waals surface area contributed by atoms with E-state index in [2.05, 4.69) is 4.90 Å². The van der Waals surface area contributed by atoms with E-state index in [0.717, 1.165) is 38.0 Å². The second-order valence-corrected chi connectivity index (χ2v) is 4.34. The van der Waals surface area contributed by atoms with Crippen molar-refractivity contribution in [1.29, 1.82) is 0 Å². The number of benzene rings is 1. The molecule has 0 radical (unpaired) electrons. The average molecular weight is 221 g/mol. The lowest BCUT2D eigenvalue weighted by atomic mass is 10.1. The van der Waals surface area contributed by atoms with Crippen LogP contribution in [0.25, 0.3) is 0 Å². The number of phenols is 1. The number of rotatable bonds is 3. The van der Waals surface area contributed by atoms with E-state index < -0.39 is 0 Å². The van der Waals surface area contributed by atoms with Gasteiger partial charge in [-0.3, -0.25) is 4.90 Å². The molecule has 1 aliphatic heterocycles. The quantitative estimate of drug-likeness (QED) is 0.847. The lowest BCUT2D eigenvalue weighted by Gasteiger charge is -2.31. The predicted molar refractivity (Wildman–Crippen MR) is 63.4 cm³/mol. The van der Waals surface area contributed by atoms with Crippen LogP contribution in [0.15, 0.2) is 24.3 Å². The fourth-order valence-corrected chi connectivity index (χ4v) is 2.19. The first kappa shape index (κ1) is 11.4. The van der Waals surface area contributed by atoms with E-state index in [1.165, 1.54) is 0 Å². The first-order chi connectivity index (χ1) is 7.79. The first-order valence-electron chi connectivity index (χ1n) is 5.81. The smallest absolute Gasteiger partial charge is 0.120 e. The Morgan fingerprint density at radius 1 is 1.31 bits per heavy atom. The largest absolute Gasteiger partial charge is 0.508 e. The number of aromatic hydroxyl groups is 1. The number of ether oxygens (including phenoxy) is 1. The molecule has 1 aliphatic rings. The highest BCUT2D eigenvalue weighted by atomic mass is 16.5. The van der Waals surface area contributed by atoms with Crippen LogP contribution in [0.3, 0.4) is 0 Å². The molecule has 3 heteroatoms. The SMILES string of the molecule is COC1CCN(Cc2ccccc2O)CC1. The van der Waals surface area contributed by atoms with Gasteiger partial charge in [-0.2, -0.15) is 0 Å². The van der Waals surface area contributed by atoms with Crippen molar-refractivity contribution in [3.05, 3.63) is 29.8 Å². The van der Waals surface area contributed by atoms with Gasteiger partial charge in [-0.05, 0) is 18.9 Å². The van der Waals surface area contributed by atoms with E-state index in [-0.39, 0.29) is 0 Å². The molecule has 0 amide bonds. The van der Waals surface area contributed by atoms with Crippen molar-refractivity contribution in [2.75, 3.05) is 20.2 Å². The molecule has 1 aromatic carbocycles. The van der Waals surface area contributed by atoms with E-state index in [1.54, 1.807) is 13.2 Å². The van der Waals surface area contributed by atoms with Crippen molar-refractivity contribution >= 4 is 0 Å². The Balaban J connectivity index is 1.89. The number of methoxy groups -OCH3 is 1. The van der Waals surface area contributed by atoms with Gasteiger partial charge in [0.25, 0.3) is 0 Å². The first-order valence-corrected chi connectivity index (χ1v) is 5.81. The lowest BCUT2D eigenvalue weighted by Crippen LogP contribution is -2.36. The molecule has 16 heavy (non-hydrogen) atoms. The van der Waals surface area contributed by atoms with Crippen molar-refractivity contribution in [1.82, 2.24) is 4.90 Å². The molecule has 0 saturated carbocycles. The average Bonchev–Trinajstić information content (AvgIpc) is 2.33. The molecule has 1 saturated heterocycles. The second-order valence-electron chi connectivity index (χ2n) is 4.34. The van der Waals surface area contributed by atoms with Crippen LogP contribution < -0.4 is 0 Å². The summed E-state index contributed by atoms with van der Waals surface area (Å²) in [6.07, 6.45) is 2.59. The van der Waals surface area contributed by atoms with Gasteiger partial charge in [-0.25, -0.2) is 0 Å². The van der Waals surface area contributed by atoms with Crippen molar-refractivity contribution in [3.63, 3.8) is 0 Å². The summed E-state index contributed by atoms with van der Waals surface area (Å²) in [6.45, 7) is 2.93. The molecule has 0 spiro atoms. The Morgan fingerprint density at radius 3 is 2.62 bits per heavy atom. The maximum absolute atomic E-state index is 9.69. The minimum atomic E-state index is 0.399.